The lowest BCUT2D eigenvalue weighted by Crippen LogP contribution is -2.59. The number of aliphatic hydroxyl groups excluding tert-OH is 1. The van der Waals surface area contributed by atoms with Crippen LogP contribution in [0.1, 0.15) is 44.8 Å². The number of ether oxygens (including phenoxy) is 3. The van der Waals surface area contributed by atoms with E-state index in [0.717, 1.165) is 0 Å². The molecule has 11 nitrogen and oxygen atoms in total. The molecule has 8 atom stereocenters. The van der Waals surface area contributed by atoms with E-state index in [1.807, 2.05) is 56.3 Å². The van der Waals surface area contributed by atoms with Crippen LogP contribution in [0, 0.1) is 17.8 Å². The number of esters is 1. The van der Waals surface area contributed by atoms with Gasteiger partial charge in [-0.3, -0.25) is 19.2 Å². The highest BCUT2D eigenvalue weighted by atomic mass is 79.9. The second-order valence-corrected chi connectivity index (χ2v) is 13.9. The summed E-state index contributed by atoms with van der Waals surface area (Å²) in [4.78, 5) is 60.1. The Hall–Kier alpha value is -4.00. The van der Waals surface area contributed by atoms with Gasteiger partial charge in [0.1, 0.15) is 35.5 Å². The quantitative estimate of drug-likeness (QED) is 0.322. The van der Waals surface area contributed by atoms with E-state index in [1.54, 1.807) is 42.4 Å². The number of halogens is 1. The Kier molecular flexibility index (Phi) is 10.3. The first-order valence-electron chi connectivity index (χ1n) is 16.8. The Bertz CT molecular complexity index is 1630. The van der Waals surface area contributed by atoms with Crippen molar-refractivity contribution >= 4 is 45.3 Å². The van der Waals surface area contributed by atoms with E-state index in [2.05, 4.69) is 21.2 Å². The summed E-state index contributed by atoms with van der Waals surface area (Å²) in [6, 6.07) is 14.2. The van der Waals surface area contributed by atoms with Crippen LogP contribution in [0.2, 0.25) is 0 Å². The molecule has 1 spiro atoms. The zero-order chi connectivity index (χ0) is 34.9. The molecule has 260 valence electrons. The second kappa shape index (κ2) is 14.5. The molecular formula is C37H42BrN3O8. The number of anilines is 1. The zero-order valence-corrected chi connectivity index (χ0v) is 29.4. The monoisotopic (exact) mass is 735 g/mol. The number of nitrogens with zero attached hydrogens (tertiary/aromatic N) is 2. The summed E-state index contributed by atoms with van der Waals surface area (Å²) in [6.07, 6.45) is 4.96. The van der Waals surface area contributed by atoms with Gasteiger partial charge in [-0.05, 0) is 48.2 Å². The highest BCUT2D eigenvalue weighted by Gasteiger charge is 2.75. The topological polar surface area (TPSA) is 135 Å². The lowest BCUT2D eigenvalue weighted by molar-refractivity contribution is -0.160. The lowest BCUT2D eigenvalue weighted by Gasteiger charge is -2.40. The molecule has 0 unspecified atom stereocenters. The van der Waals surface area contributed by atoms with Crippen molar-refractivity contribution in [1.29, 1.82) is 0 Å². The van der Waals surface area contributed by atoms with Crippen LogP contribution in [0.3, 0.4) is 0 Å². The van der Waals surface area contributed by atoms with Gasteiger partial charge in [-0.1, -0.05) is 78.7 Å². The Morgan fingerprint density at radius 2 is 1.80 bits per heavy atom. The van der Waals surface area contributed by atoms with Crippen LogP contribution in [0.25, 0.3) is 0 Å². The Balaban J connectivity index is 1.49. The van der Waals surface area contributed by atoms with Crippen LogP contribution in [0.4, 0.5) is 5.69 Å². The number of aliphatic hydroxyl groups is 1. The first-order valence-corrected chi connectivity index (χ1v) is 17.6. The standard InChI is InChI=1S/C37H42BrN3O8/c1-4-22(2)27(21-42)41-33-35(45)40(24-14-16-25(47-3)17-15-24)18-10-6-9-13-29(43)39-20-28(23-11-7-5-8-12-23)48-36(46)30-31(34(41)44)37(33)19-26(38)32(30)49-37/h5-8,10-12,14-17,19,22,27-28,30-33,42H,4,9,13,18,20-21H2,1-3H3,(H,39,43)/b10-6-/t22-,27-,28-,30-,31+,32-,33-,37+/m0/s1. The summed E-state index contributed by atoms with van der Waals surface area (Å²) in [5.41, 5.74) is -0.275. The van der Waals surface area contributed by atoms with Gasteiger partial charge < -0.3 is 34.4 Å². The van der Waals surface area contributed by atoms with Gasteiger partial charge in [-0.15, -0.1) is 0 Å². The molecule has 2 aromatic carbocycles. The van der Waals surface area contributed by atoms with E-state index in [-0.39, 0.29) is 37.9 Å². The van der Waals surface area contributed by atoms with Crippen molar-refractivity contribution in [2.75, 3.05) is 31.7 Å². The maximum atomic E-state index is 15.1. The summed E-state index contributed by atoms with van der Waals surface area (Å²) < 4.78 is 18.7. The number of allylic oxidation sites excluding steroid dienone is 1. The van der Waals surface area contributed by atoms with Crippen molar-refractivity contribution in [2.45, 2.75) is 63.0 Å². The van der Waals surface area contributed by atoms with Gasteiger partial charge in [0.2, 0.25) is 11.8 Å². The number of hydrogen-bond acceptors (Lipinski definition) is 8. The number of nitrogens with one attached hydrogen (secondary N) is 1. The minimum atomic E-state index is -1.51. The first kappa shape index (κ1) is 34.8. The Morgan fingerprint density at radius 3 is 2.47 bits per heavy atom. The van der Waals surface area contributed by atoms with Crippen LogP contribution in [-0.4, -0.2) is 84.3 Å². The highest BCUT2D eigenvalue weighted by molar-refractivity contribution is 9.11. The number of carbonyl (C=O) groups is 4. The molecule has 0 radical (unpaired) electrons. The number of benzene rings is 2. The molecule has 2 saturated heterocycles. The minimum Gasteiger partial charge on any atom is -0.497 e. The van der Waals surface area contributed by atoms with Crippen LogP contribution in [0.15, 0.2) is 77.3 Å². The van der Waals surface area contributed by atoms with Crippen molar-refractivity contribution in [3.05, 3.63) is 82.9 Å². The summed E-state index contributed by atoms with van der Waals surface area (Å²) in [5, 5.41) is 13.6. The van der Waals surface area contributed by atoms with E-state index >= 15 is 4.79 Å². The molecule has 4 heterocycles. The van der Waals surface area contributed by atoms with Crippen LogP contribution < -0.4 is 15.0 Å². The van der Waals surface area contributed by atoms with E-state index in [1.165, 1.54) is 4.90 Å². The van der Waals surface area contributed by atoms with Crippen molar-refractivity contribution in [3.8, 4) is 5.75 Å². The molecule has 4 aliphatic rings. The predicted molar refractivity (Wildman–Crippen MR) is 185 cm³/mol. The summed E-state index contributed by atoms with van der Waals surface area (Å²) in [6.45, 7) is 3.68. The average Bonchev–Trinajstić information content (AvgIpc) is 3.71. The fourth-order valence-electron chi connectivity index (χ4n) is 7.53. The molecule has 2 aromatic rings. The Labute approximate surface area is 294 Å². The summed E-state index contributed by atoms with van der Waals surface area (Å²) >= 11 is 3.60. The molecule has 49 heavy (non-hydrogen) atoms. The van der Waals surface area contributed by atoms with Crippen molar-refractivity contribution in [1.82, 2.24) is 10.2 Å². The number of methoxy groups -OCH3 is 1. The summed E-state index contributed by atoms with van der Waals surface area (Å²) in [7, 11) is 1.56. The van der Waals surface area contributed by atoms with Gasteiger partial charge in [-0.2, -0.15) is 0 Å². The molecule has 5 bridgehead atoms. The molecule has 3 amide bonds. The predicted octanol–water partition coefficient (Wildman–Crippen LogP) is 4.06. The molecule has 2 fully saturated rings. The van der Waals surface area contributed by atoms with Crippen LogP contribution >= 0.6 is 15.9 Å². The fraction of sp³-hybridized carbons (Fsp3) is 0.459. The highest BCUT2D eigenvalue weighted by Crippen LogP contribution is 2.59. The maximum Gasteiger partial charge on any atom is 0.313 e. The molecule has 12 heteroatoms. The first-order chi connectivity index (χ1) is 23.6. The minimum absolute atomic E-state index is 0.0381. The van der Waals surface area contributed by atoms with E-state index in [0.29, 0.717) is 34.3 Å². The van der Waals surface area contributed by atoms with E-state index in [4.69, 9.17) is 14.2 Å². The summed E-state index contributed by atoms with van der Waals surface area (Å²) in [5.74, 6) is -3.51. The number of hydrogen-bond donors (Lipinski definition) is 2. The maximum absolute atomic E-state index is 15.1. The number of likely N-dealkylation sites (tertiary alicyclic amines) is 1. The number of cyclic esters (lactones) is 1. The zero-order valence-electron chi connectivity index (χ0n) is 27.8. The number of carbonyl (C=O) groups excluding carboxylic acids is 4. The third-order valence-electron chi connectivity index (χ3n) is 10.3. The number of fused-ring (bicyclic) bond motifs is 2. The lowest BCUT2D eigenvalue weighted by atomic mass is 9.74. The number of amides is 3. The van der Waals surface area contributed by atoms with Gasteiger partial charge in [0, 0.05) is 23.1 Å². The van der Waals surface area contributed by atoms with Gasteiger partial charge in [0.05, 0.1) is 32.2 Å². The third-order valence-corrected chi connectivity index (χ3v) is 11.0. The molecule has 4 aliphatic heterocycles. The third kappa shape index (κ3) is 6.30. The van der Waals surface area contributed by atoms with Gasteiger partial charge in [0.25, 0.3) is 5.91 Å². The average molecular weight is 737 g/mol. The Morgan fingerprint density at radius 1 is 1.06 bits per heavy atom. The van der Waals surface area contributed by atoms with E-state index in [9.17, 15) is 19.5 Å². The van der Waals surface area contributed by atoms with Gasteiger partial charge >= 0.3 is 5.97 Å². The largest absolute Gasteiger partial charge is 0.497 e. The van der Waals surface area contributed by atoms with Crippen molar-refractivity contribution in [2.24, 2.45) is 17.8 Å². The normalized spacial score (nSPS) is 30.7. The van der Waals surface area contributed by atoms with Crippen molar-refractivity contribution in [3.63, 3.8) is 0 Å². The second-order valence-electron chi connectivity index (χ2n) is 13.0. The van der Waals surface area contributed by atoms with Crippen LogP contribution in [-0.2, 0) is 28.7 Å². The smallest absolute Gasteiger partial charge is 0.313 e. The van der Waals surface area contributed by atoms with Gasteiger partial charge in [0.15, 0.2) is 0 Å². The van der Waals surface area contributed by atoms with E-state index < -0.39 is 59.5 Å². The molecule has 2 N–H and O–H groups in total. The van der Waals surface area contributed by atoms with Crippen LogP contribution in [0.5, 0.6) is 5.75 Å². The molecule has 0 aromatic heterocycles. The molecular weight excluding hydrogens is 694 g/mol. The molecule has 6 rings (SSSR count). The molecule has 0 saturated carbocycles. The fourth-order valence-corrected chi connectivity index (χ4v) is 8.27. The number of rotatable bonds is 7. The van der Waals surface area contributed by atoms with Gasteiger partial charge in [-0.25, -0.2) is 0 Å². The van der Waals surface area contributed by atoms with Crippen molar-refractivity contribution < 1.29 is 38.5 Å². The SMILES string of the molecule is CC[C@H](C)[C@H](CO)N1C(=O)[C@H]2[C@@H]3C(=O)O[C@H](c4ccccc4)CNC(=O)CC/C=C\CN(c4ccc(OC)cc4)C(=O)[C@H]1[C@@]21C=C(Br)[C@@H]3O1. The molecule has 0 aliphatic carbocycles.